The maximum Gasteiger partial charge on any atom is 0.0867 e. The summed E-state index contributed by atoms with van der Waals surface area (Å²) in [7, 11) is -1.16. The van der Waals surface area contributed by atoms with E-state index < -0.39 is 16.9 Å². The van der Waals surface area contributed by atoms with E-state index in [0.29, 0.717) is 11.3 Å². The maximum absolute atomic E-state index is 11.9. The van der Waals surface area contributed by atoms with Crippen molar-refractivity contribution in [1.82, 2.24) is 0 Å². The molecule has 2 nitrogen and oxygen atoms in total. The normalized spacial score (nSPS) is 16.1. The van der Waals surface area contributed by atoms with Gasteiger partial charge in [0.05, 0.1) is 16.9 Å². The molecule has 90 valence electrons. The molecular formula is C12H24O2S. The first-order chi connectivity index (χ1) is 6.80. The van der Waals surface area contributed by atoms with E-state index in [1.807, 2.05) is 20.8 Å². The van der Waals surface area contributed by atoms with Crippen molar-refractivity contribution in [3.05, 3.63) is 11.5 Å². The van der Waals surface area contributed by atoms with E-state index in [2.05, 4.69) is 13.5 Å². The van der Waals surface area contributed by atoms with Crippen molar-refractivity contribution in [2.45, 2.75) is 64.2 Å². The molecule has 0 fully saturated rings. The summed E-state index contributed by atoms with van der Waals surface area (Å²) in [4.78, 5) is 0.471. The van der Waals surface area contributed by atoms with Gasteiger partial charge in [0.15, 0.2) is 0 Å². The third-order valence-electron chi connectivity index (χ3n) is 2.25. The number of unbranched alkanes of at least 4 members (excludes halogenated alkanes) is 2. The highest BCUT2D eigenvalue weighted by atomic mass is 32.2. The van der Waals surface area contributed by atoms with Gasteiger partial charge >= 0.3 is 0 Å². The SMILES string of the molecule is C=C([C@@H](O)CCCCC)[S@@](=O)C(C)(C)C. The lowest BCUT2D eigenvalue weighted by Crippen LogP contribution is -2.27. The van der Waals surface area contributed by atoms with Crippen LogP contribution in [0.1, 0.15) is 53.4 Å². The lowest BCUT2D eigenvalue weighted by molar-refractivity contribution is 0.204. The van der Waals surface area contributed by atoms with Gasteiger partial charge in [-0.25, -0.2) is 0 Å². The molecule has 2 atom stereocenters. The Morgan fingerprint density at radius 1 is 1.40 bits per heavy atom. The Kier molecular flexibility index (Phi) is 6.37. The number of aliphatic hydroxyl groups excluding tert-OH is 1. The van der Waals surface area contributed by atoms with Crippen LogP contribution in [0.3, 0.4) is 0 Å². The Morgan fingerprint density at radius 3 is 2.33 bits per heavy atom. The topological polar surface area (TPSA) is 37.3 Å². The fourth-order valence-electron chi connectivity index (χ4n) is 1.27. The zero-order valence-corrected chi connectivity index (χ0v) is 11.2. The zero-order valence-electron chi connectivity index (χ0n) is 10.4. The molecule has 0 radical (unpaired) electrons. The zero-order chi connectivity index (χ0) is 12.1. The number of aliphatic hydroxyl groups is 1. The van der Waals surface area contributed by atoms with Gasteiger partial charge in [0.25, 0.3) is 0 Å². The predicted molar refractivity (Wildman–Crippen MR) is 67.2 cm³/mol. The molecule has 0 rings (SSSR count). The predicted octanol–water partition coefficient (Wildman–Crippen LogP) is 2.99. The lowest BCUT2D eigenvalue weighted by Gasteiger charge is -2.22. The van der Waals surface area contributed by atoms with Crippen molar-refractivity contribution < 1.29 is 9.32 Å². The molecule has 1 N–H and O–H groups in total. The largest absolute Gasteiger partial charge is 0.388 e. The van der Waals surface area contributed by atoms with Gasteiger partial charge in [-0.3, -0.25) is 4.21 Å². The molecule has 0 aliphatic rings. The minimum atomic E-state index is -1.16. The highest BCUT2D eigenvalue weighted by Crippen LogP contribution is 2.22. The first-order valence-corrected chi connectivity index (χ1v) is 6.74. The van der Waals surface area contributed by atoms with Crippen molar-refractivity contribution in [2.24, 2.45) is 0 Å². The highest BCUT2D eigenvalue weighted by molar-refractivity contribution is 7.90. The lowest BCUT2D eigenvalue weighted by atomic mass is 10.1. The summed E-state index contributed by atoms with van der Waals surface area (Å²) in [5, 5.41) is 9.79. The molecule has 0 spiro atoms. The molecule has 0 aliphatic carbocycles. The minimum Gasteiger partial charge on any atom is -0.388 e. The molecule has 0 saturated carbocycles. The fourth-order valence-corrected chi connectivity index (χ4v) is 2.42. The molecule has 0 aromatic rings. The van der Waals surface area contributed by atoms with Gasteiger partial charge in [0.2, 0.25) is 0 Å². The average Bonchev–Trinajstić information content (AvgIpc) is 2.14. The summed E-state index contributed by atoms with van der Waals surface area (Å²) in [5.74, 6) is 0. The van der Waals surface area contributed by atoms with Gasteiger partial charge in [-0.2, -0.15) is 0 Å². The van der Waals surface area contributed by atoms with Crippen molar-refractivity contribution in [3.63, 3.8) is 0 Å². The van der Waals surface area contributed by atoms with Gasteiger partial charge in [-0.15, -0.1) is 0 Å². The van der Waals surface area contributed by atoms with E-state index in [0.717, 1.165) is 19.3 Å². The third-order valence-corrected chi connectivity index (χ3v) is 4.11. The molecular weight excluding hydrogens is 208 g/mol. The third kappa shape index (κ3) is 5.47. The van der Waals surface area contributed by atoms with Crippen LogP contribution in [0.5, 0.6) is 0 Å². The Hall–Kier alpha value is -0.150. The summed E-state index contributed by atoms with van der Waals surface area (Å²) in [5.41, 5.74) is 0. The Labute approximate surface area is 96.2 Å². The van der Waals surface area contributed by atoms with E-state index in [1.165, 1.54) is 0 Å². The van der Waals surface area contributed by atoms with Crippen molar-refractivity contribution >= 4 is 10.8 Å². The first kappa shape index (κ1) is 14.8. The molecule has 3 heteroatoms. The van der Waals surface area contributed by atoms with Gasteiger partial charge in [-0.05, 0) is 27.2 Å². The molecule has 0 saturated heterocycles. The number of hydrogen-bond donors (Lipinski definition) is 1. The maximum atomic E-state index is 11.9. The van der Waals surface area contributed by atoms with Gasteiger partial charge in [0, 0.05) is 9.65 Å². The quantitative estimate of drug-likeness (QED) is 0.715. The summed E-state index contributed by atoms with van der Waals surface area (Å²) < 4.78 is 11.6. The molecule has 0 bridgehead atoms. The van der Waals surface area contributed by atoms with Crippen LogP contribution in [-0.4, -0.2) is 20.2 Å². The molecule has 0 heterocycles. The van der Waals surface area contributed by atoms with Crippen LogP contribution in [0.2, 0.25) is 0 Å². The van der Waals surface area contributed by atoms with Crippen LogP contribution >= 0.6 is 0 Å². The summed E-state index contributed by atoms with van der Waals surface area (Å²) >= 11 is 0. The second-order valence-corrected chi connectivity index (χ2v) is 7.15. The fraction of sp³-hybridized carbons (Fsp3) is 0.833. The van der Waals surface area contributed by atoms with E-state index in [-0.39, 0.29) is 4.75 Å². The van der Waals surface area contributed by atoms with Crippen molar-refractivity contribution in [2.75, 3.05) is 0 Å². The van der Waals surface area contributed by atoms with Gasteiger partial charge < -0.3 is 5.11 Å². The van der Waals surface area contributed by atoms with Gasteiger partial charge in [-0.1, -0.05) is 32.8 Å². The second kappa shape index (κ2) is 6.44. The van der Waals surface area contributed by atoms with Gasteiger partial charge in [0.1, 0.15) is 0 Å². The smallest absolute Gasteiger partial charge is 0.0867 e. The van der Waals surface area contributed by atoms with Crippen molar-refractivity contribution in [3.8, 4) is 0 Å². The Balaban J connectivity index is 4.15. The minimum absolute atomic E-state index is 0.331. The van der Waals surface area contributed by atoms with Crippen molar-refractivity contribution in [1.29, 1.82) is 0 Å². The van der Waals surface area contributed by atoms with E-state index in [9.17, 15) is 9.32 Å². The van der Waals surface area contributed by atoms with E-state index in [4.69, 9.17) is 0 Å². The van der Waals surface area contributed by atoms with Crippen LogP contribution in [0, 0.1) is 0 Å². The average molecular weight is 232 g/mol. The number of rotatable bonds is 6. The molecule has 15 heavy (non-hydrogen) atoms. The second-order valence-electron chi connectivity index (χ2n) is 4.86. The summed E-state index contributed by atoms with van der Waals surface area (Å²) in [6.07, 6.45) is 3.26. The summed E-state index contributed by atoms with van der Waals surface area (Å²) in [6.45, 7) is 11.6. The highest BCUT2D eigenvalue weighted by Gasteiger charge is 2.25. The Morgan fingerprint density at radius 2 is 1.93 bits per heavy atom. The number of hydrogen-bond acceptors (Lipinski definition) is 2. The summed E-state index contributed by atoms with van der Waals surface area (Å²) in [6, 6.07) is 0. The van der Waals surface area contributed by atoms with E-state index in [1.54, 1.807) is 0 Å². The van der Waals surface area contributed by atoms with E-state index >= 15 is 0 Å². The van der Waals surface area contributed by atoms with Crippen LogP contribution in [0.15, 0.2) is 11.5 Å². The molecule has 0 aromatic carbocycles. The molecule has 0 amide bonds. The molecule has 0 unspecified atom stereocenters. The van der Waals surface area contributed by atoms with Crippen LogP contribution in [0.4, 0.5) is 0 Å². The Bertz CT molecular complexity index is 228. The molecule has 0 aromatic heterocycles. The van der Waals surface area contributed by atoms with Crippen LogP contribution in [0.25, 0.3) is 0 Å². The molecule has 0 aliphatic heterocycles. The first-order valence-electron chi connectivity index (χ1n) is 5.59. The standard InChI is InChI=1S/C12H24O2S/c1-6-7-8-9-11(13)10(2)15(14)12(3,4)5/h11,13H,2,6-9H2,1,3-5H3/t11-,15+/m0/s1. The van der Waals surface area contributed by atoms with Crippen LogP contribution < -0.4 is 0 Å². The monoisotopic (exact) mass is 232 g/mol. The van der Waals surface area contributed by atoms with Crippen LogP contribution in [-0.2, 0) is 10.8 Å².